The van der Waals surface area contributed by atoms with Gasteiger partial charge < -0.3 is 4.98 Å². The normalized spacial score (nSPS) is 9.54. The standard InChI is InChI=1S/C9H10N2.C2H6.H2/c1-6-3-4-8-9(7(6)2)11-5-10-8;1-2;/h3-5H,1-2H3,(H,10,11);1-2H3;1H. The SMILES string of the molecule is CC.Cc1ccc2[nH]cnc2c1C.[HH]. The lowest BCUT2D eigenvalue weighted by Gasteiger charge is -1.98. The van der Waals surface area contributed by atoms with E-state index >= 15 is 0 Å². The van der Waals surface area contributed by atoms with E-state index in [0.29, 0.717) is 0 Å². The number of imidazole rings is 1. The van der Waals surface area contributed by atoms with E-state index in [1.807, 2.05) is 13.8 Å². The molecule has 0 amide bonds. The smallest absolute Gasteiger partial charge is 0.0931 e. The Bertz CT molecular complexity index is 393. The van der Waals surface area contributed by atoms with Crippen molar-refractivity contribution < 1.29 is 1.43 Å². The predicted octanol–water partition coefficient (Wildman–Crippen LogP) is 3.45. The summed E-state index contributed by atoms with van der Waals surface area (Å²) in [6.07, 6.45) is 1.73. The van der Waals surface area contributed by atoms with Gasteiger partial charge in [0.15, 0.2) is 0 Å². The van der Waals surface area contributed by atoms with Crippen LogP contribution in [0.3, 0.4) is 0 Å². The van der Waals surface area contributed by atoms with Crippen LogP contribution in [0.4, 0.5) is 0 Å². The minimum atomic E-state index is 0. The molecule has 0 unspecified atom stereocenters. The Morgan fingerprint density at radius 3 is 2.62 bits per heavy atom. The molecule has 0 aliphatic heterocycles. The summed E-state index contributed by atoms with van der Waals surface area (Å²) in [6, 6.07) is 4.17. The first-order valence-corrected chi connectivity index (χ1v) is 4.68. The van der Waals surface area contributed by atoms with Crippen molar-refractivity contribution in [2.24, 2.45) is 0 Å². The van der Waals surface area contributed by atoms with E-state index in [1.54, 1.807) is 6.33 Å². The van der Waals surface area contributed by atoms with Crippen LogP contribution in [0.25, 0.3) is 11.0 Å². The van der Waals surface area contributed by atoms with Crippen LogP contribution in [0.1, 0.15) is 26.4 Å². The Labute approximate surface area is 80.5 Å². The molecule has 2 aromatic rings. The van der Waals surface area contributed by atoms with Crippen molar-refractivity contribution >= 4 is 11.0 Å². The zero-order valence-electron chi connectivity index (χ0n) is 8.68. The van der Waals surface area contributed by atoms with Crippen molar-refractivity contribution in [3.8, 4) is 0 Å². The monoisotopic (exact) mass is 178 g/mol. The number of rotatable bonds is 0. The van der Waals surface area contributed by atoms with Gasteiger partial charge in [-0.15, -0.1) is 0 Å². The molecular formula is C11H18N2. The molecule has 0 saturated carbocycles. The minimum absolute atomic E-state index is 0. The molecule has 2 heteroatoms. The van der Waals surface area contributed by atoms with Crippen LogP contribution in [-0.2, 0) is 0 Å². The van der Waals surface area contributed by atoms with E-state index in [4.69, 9.17) is 0 Å². The Morgan fingerprint density at radius 1 is 1.23 bits per heavy atom. The minimum Gasteiger partial charge on any atom is -0.345 e. The summed E-state index contributed by atoms with van der Waals surface area (Å²) in [6.45, 7) is 8.20. The predicted molar refractivity (Wildman–Crippen MR) is 59.0 cm³/mol. The number of hydrogen-bond acceptors (Lipinski definition) is 1. The van der Waals surface area contributed by atoms with Gasteiger partial charge in [-0.3, -0.25) is 0 Å². The molecule has 0 fully saturated rings. The molecule has 1 N–H and O–H groups in total. The molecule has 0 saturated heterocycles. The third kappa shape index (κ3) is 1.72. The second kappa shape index (κ2) is 4.08. The average molecular weight is 178 g/mol. The Kier molecular flexibility index (Phi) is 3.07. The van der Waals surface area contributed by atoms with Crippen LogP contribution in [0, 0.1) is 13.8 Å². The van der Waals surface area contributed by atoms with Gasteiger partial charge in [0.25, 0.3) is 0 Å². The molecule has 72 valence electrons. The van der Waals surface area contributed by atoms with E-state index in [0.717, 1.165) is 11.0 Å². The first-order chi connectivity index (χ1) is 6.29. The summed E-state index contributed by atoms with van der Waals surface area (Å²) in [5.41, 5.74) is 4.77. The number of fused-ring (bicyclic) bond motifs is 1. The second-order valence-electron chi connectivity index (χ2n) is 2.81. The lowest BCUT2D eigenvalue weighted by molar-refractivity contribution is 1.32. The van der Waals surface area contributed by atoms with E-state index in [2.05, 4.69) is 35.9 Å². The molecule has 0 radical (unpaired) electrons. The van der Waals surface area contributed by atoms with Crippen LogP contribution in [0.2, 0.25) is 0 Å². The van der Waals surface area contributed by atoms with Gasteiger partial charge in [0.05, 0.1) is 17.4 Å². The van der Waals surface area contributed by atoms with Crippen LogP contribution in [-0.4, -0.2) is 9.97 Å². The Hall–Kier alpha value is -1.31. The van der Waals surface area contributed by atoms with Gasteiger partial charge in [-0.1, -0.05) is 19.9 Å². The molecule has 0 bridgehead atoms. The van der Waals surface area contributed by atoms with Crippen molar-refractivity contribution in [2.75, 3.05) is 0 Å². The lowest BCUT2D eigenvalue weighted by Crippen LogP contribution is -1.81. The maximum Gasteiger partial charge on any atom is 0.0931 e. The van der Waals surface area contributed by atoms with Crippen molar-refractivity contribution in [1.82, 2.24) is 9.97 Å². The summed E-state index contributed by atoms with van der Waals surface area (Å²) < 4.78 is 0. The quantitative estimate of drug-likeness (QED) is 0.657. The van der Waals surface area contributed by atoms with Gasteiger partial charge in [-0.05, 0) is 31.0 Å². The number of nitrogens with one attached hydrogen (secondary N) is 1. The van der Waals surface area contributed by atoms with E-state index in [1.165, 1.54) is 11.1 Å². The number of H-pyrrole nitrogens is 1. The first-order valence-electron chi connectivity index (χ1n) is 4.68. The lowest BCUT2D eigenvalue weighted by atomic mass is 10.1. The van der Waals surface area contributed by atoms with Crippen molar-refractivity contribution in [3.63, 3.8) is 0 Å². The highest BCUT2D eigenvalue weighted by Gasteiger charge is 2.00. The molecule has 2 rings (SSSR count). The third-order valence-corrected chi connectivity index (χ3v) is 2.12. The zero-order chi connectivity index (χ0) is 9.84. The summed E-state index contributed by atoms with van der Waals surface area (Å²) in [5, 5.41) is 0. The molecule has 13 heavy (non-hydrogen) atoms. The van der Waals surface area contributed by atoms with Crippen molar-refractivity contribution in [2.45, 2.75) is 27.7 Å². The van der Waals surface area contributed by atoms with Gasteiger partial charge in [-0.2, -0.15) is 0 Å². The van der Waals surface area contributed by atoms with Gasteiger partial charge >= 0.3 is 0 Å². The molecular weight excluding hydrogens is 160 g/mol. The van der Waals surface area contributed by atoms with E-state index in [9.17, 15) is 0 Å². The van der Waals surface area contributed by atoms with Gasteiger partial charge in [0.1, 0.15) is 0 Å². The summed E-state index contributed by atoms with van der Waals surface area (Å²) >= 11 is 0. The largest absolute Gasteiger partial charge is 0.345 e. The average Bonchev–Trinajstić information content (AvgIpc) is 2.63. The molecule has 1 aromatic carbocycles. The van der Waals surface area contributed by atoms with Crippen LogP contribution < -0.4 is 0 Å². The molecule has 1 aromatic heterocycles. The number of aryl methyl sites for hydroxylation is 2. The van der Waals surface area contributed by atoms with Crippen molar-refractivity contribution in [1.29, 1.82) is 0 Å². The maximum absolute atomic E-state index is 4.22. The highest BCUT2D eigenvalue weighted by molar-refractivity contribution is 5.79. The van der Waals surface area contributed by atoms with Gasteiger partial charge in [0, 0.05) is 1.43 Å². The molecule has 0 atom stereocenters. The summed E-state index contributed by atoms with van der Waals surface area (Å²) in [4.78, 5) is 7.30. The number of aromatic nitrogens is 2. The number of nitrogens with zero attached hydrogens (tertiary/aromatic N) is 1. The number of aromatic amines is 1. The molecule has 2 nitrogen and oxygen atoms in total. The highest BCUT2D eigenvalue weighted by atomic mass is 14.9. The van der Waals surface area contributed by atoms with Gasteiger partial charge in [-0.25, -0.2) is 4.98 Å². The fraction of sp³-hybridized carbons (Fsp3) is 0.364. The Balaban J connectivity index is 0.000000531. The van der Waals surface area contributed by atoms with Crippen molar-refractivity contribution in [3.05, 3.63) is 29.6 Å². The first kappa shape index (κ1) is 9.78. The highest BCUT2D eigenvalue weighted by Crippen LogP contribution is 2.16. The van der Waals surface area contributed by atoms with E-state index in [-0.39, 0.29) is 1.43 Å². The maximum atomic E-state index is 4.22. The zero-order valence-corrected chi connectivity index (χ0v) is 8.68. The topological polar surface area (TPSA) is 28.7 Å². The third-order valence-electron chi connectivity index (χ3n) is 2.12. The summed E-state index contributed by atoms with van der Waals surface area (Å²) in [7, 11) is 0. The molecule has 1 heterocycles. The Morgan fingerprint density at radius 2 is 1.92 bits per heavy atom. The van der Waals surface area contributed by atoms with Crippen LogP contribution >= 0.6 is 0 Å². The molecule has 0 aliphatic rings. The fourth-order valence-corrected chi connectivity index (χ4v) is 1.25. The fourth-order valence-electron chi connectivity index (χ4n) is 1.25. The second-order valence-corrected chi connectivity index (χ2v) is 2.81. The number of benzene rings is 1. The van der Waals surface area contributed by atoms with Crippen LogP contribution in [0.5, 0.6) is 0 Å². The van der Waals surface area contributed by atoms with E-state index < -0.39 is 0 Å². The molecule has 0 spiro atoms. The number of hydrogen-bond donors (Lipinski definition) is 1. The van der Waals surface area contributed by atoms with Crippen LogP contribution in [0.15, 0.2) is 18.5 Å². The summed E-state index contributed by atoms with van der Waals surface area (Å²) in [5.74, 6) is 0. The van der Waals surface area contributed by atoms with Gasteiger partial charge in [0.2, 0.25) is 0 Å². The molecule has 0 aliphatic carbocycles.